The van der Waals surface area contributed by atoms with Gasteiger partial charge < -0.3 is 19.2 Å². The molecule has 7 heteroatoms. The van der Waals surface area contributed by atoms with Crippen LogP contribution in [0, 0.1) is 0 Å². The summed E-state index contributed by atoms with van der Waals surface area (Å²) in [6, 6.07) is 11.8. The van der Waals surface area contributed by atoms with Gasteiger partial charge in [0.05, 0.1) is 18.5 Å². The van der Waals surface area contributed by atoms with E-state index in [9.17, 15) is 9.59 Å². The van der Waals surface area contributed by atoms with Crippen LogP contribution in [0.15, 0.2) is 52.5 Å². The van der Waals surface area contributed by atoms with Crippen molar-refractivity contribution in [2.45, 2.75) is 70.0 Å². The number of carbonyl (C=O) groups excluding carboxylic acids is 2. The normalized spacial score (nSPS) is 21.6. The van der Waals surface area contributed by atoms with Crippen molar-refractivity contribution in [3.8, 4) is 11.5 Å². The van der Waals surface area contributed by atoms with E-state index in [0.29, 0.717) is 24.5 Å². The monoisotopic (exact) mass is 465 g/mol. The second kappa shape index (κ2) is 9.21. The van der Waals surface area contributed by atoms with Crippen molar-refractivity contribution in [2.24, 2.45) is 0 Å². The van der Waals surface area contributed by atoms with Crippen molar-refractivity contribution in [3.05, 3.63) is 58.6 Å². The van der Waals surface area contributed by atoms with Crippen LogP contribution in [0.1, 0.15) is 60.8 Å². The van der Waals surface area contributed by atoms with Crippen molar-refractivity contribution in [3.63, 3.8) is 0 Å². The molecule has 0 radical (unpaired) electrons. The summed E-state index contributed by atoms with van der Waals surface area (Å²) in [7, 11) is 0. The van der Waals surface area contributed by atoms with Gasteiger partial charge >= 0.3 is 0 Å². The molecular weight excluding hydrogens is 434 g/mol. The highest BCUT2D eigenvalue weighted by Crippen LogP contribution is 2.34. The zero-order chi connectivity index (χ0) is 22.8. The van der Waals surface area contributed by atoms with Crippen molar-refractivity contribution < 1.29 is 14.0 Å². The molecule has 0 unspecified atom stereocenters. The van der Waals surface area contributed by atoms with Crippen LogP contribution in [0.4, 0.5) is 0 Å². The quantitative estimate of drug-likeness (QED) is 0.515. The molecule has 1 atom stereocenters. The molecule has 6 nitrogen and oxygen atoms in total. The molecule has 0 spiro atoms. The summed E-state index contributed by atoms with van der Waals surface area (Å²) in [5, 5.41) is 5.37. The van der Waals surface area contributed by atoms with Gasteiger partial charge in [-0.25, -0.2) is 0 Å². The average molecular weight is 466 g/mol. The molecule has 0 saturated heterocycles. The summed E-state index contributed by atoms with van der Waals surface area (Å²) in [5.74, 6) is 0.542. The maximum Gasteiger partial charge on any atom is 0.271 e. The van der Waals surface area contributed by atoms with Crippen LogP contribution >= 0.6 is 11.3 Å². The van der Waals surface area contributed by atoms with Crippen LogP contribution in [-0.4, -0.2) is 39.4 Å². The number of hydrogen-bond donors (Lipinski definition) is 1. The minimum Gasteiger partial charge on any atom is -0.463 e. The maximum absolute atomic E-state index is 13.8. The Labute approximate surface area is 198 Å². The molecule has 4 heterocycles. The van der Waals surface area contributed by atoms with E-state index in [0.717, 1.165) is 37.8 Å². The average Bonchev–Trinajstić information content (AvgIpc) is 3.54. The van der Waals surface area contributed by atoms with E-state index in [-0.39, 0.29) is 17.9 Å². The highest BCUT2D eigenvalue weighted by molar-refractivity contribution is 7.09. The van der Waals surface area contributed by atoms with E-state index in [2.05, 4.69) is 11.4 Å². The molecule has 5 rings (SSSR count). The Bertz CT molecular complexity index is 1090. The van der Waals surface area contributed by atoms with E-state index in [1.807, 2.05) is 47.2 Å². The van der Waals surface area contributed by atoms with Crippen molar-refractivity contribution in [1.29, 1.82) is 0 Å². The lowest BCUT2D eigenvalue weighted by molar-refractivity contribution is -0.133. The van der Waals surface area contributed by atoms with Crippen LogP contribution in [0.5, 0.6) is 0 Å². The highest BCUT2D eigenvalue weighted by Gasteiger charge is 2.48. The summed E-state index contributed by atoms with van der Waals surface area (Å²) in [4.78, 5) is 30.5. The second-order valence-electron chi connectivity index (χ2n) is 9.39. The van der Waals surface area contributed by atoms with Gasteiger partial charge in [-0.3, -0.25) is 9.59 Å². The van der Waals surface area contributed by atoms with Gasteiger partial charge in [-0.1, -0.05) is 31.7 Å². The van der Waals surface area contributed by atoms with Gasteiger partial charge in [-0.2, -0.15) is 0 Å². The molecule has 1 saturated carbocycles. The minimum absolute atomic E-state index is 0.0568. The number of hydrogen-bond acceptors (Lipinski definition) is 4. The van der Waals surface area contributed by atoms with Crippen LogP contribution in [0.25, 0.3) is 11.5 Å². The minimum atomic E-state index is -0.978. The predicted octanol–water partition coefficient (Wildman–Crippen LogP) is 5.11. The van der Waals surface area contributed by atoms with Gasteiger partial charge in [-0.05, 0) is 61.9 Å². The Hall–Kier alpha value is -2.80. The van der Waals surface area contributed by atoms with Gasteiger partial charge in [0.15, 0.2) is 0 Å². The Morgan fingerprint density at radius 3 is 2.61 bits per heavy atom. The zero-order valence-electron chi connectivity index (χ0n) is 19.1. The van der Waals surface area contributed by atoms with Crippen molar-refractivity contribution in [2.75, 3.05) is 6.54 Å². The van der Waals surface area contributed by atoms with Gasteiger partial charge in [0.1, 0.15) is 17.0 Å². The summed E-state index contributed by atoms with van der Waals surface area (Å²) in [6.45, 7) is 2.83. The van der Waals surface area contributed by atoms with Gasteiger partial charge in [0, 0.05) is 17.5 Å². The number of amides is 2. The molecule has 1 aliphatic heterocycles. The highest BCUT2D eigenvalue weighted by atomic mass is 32.1. The lowest BCUT2D eigenvalue weighted by Gasteiger charge is -2.45. The summed E-state index contributed by atoms with van der Waals surface area (Å²) in [5.41, 5.74) is 0.454. The lowest BCUT2D eigenvalue weighted by atomic mass is 9.93. The molecule has 1 N–H and O–H groups in total. The first-order valence-electron chi connectivity index (χ1n) is 11.9. The smallest absolute Gasteiger partial charge is 0.271 e. The fraction of sp³-hybridized carbons (Fsp3) is 0.462. The SMILES string of the molecule is C[C@]1(C(=O)NC2CCCCCC2)Cn2c(ccc2-c2ccco2)C(=O)N1CCc1cccs1. The van der Waals surface area contributed by atoms with Crippen LogP contribution in [0.2, 0.25) is 0 Å². The summed E-state index contributed by atoms with van der Waals surface area (Å²) >= 11 is 1.68. The van der Waals surface area contributed by atoms with E-state index in [4.69, 9.17) is 4.42 Å². The third-order valence-electron chi connectivity index (χ3n) is 7.12. The number of rotatable bonds is 6. The first kappa shape index (κ1) is 22.0. The number of nitrogens with one attached hydrogen (secondary N) is 1. The fourth-order valence-corrected chi connectivity index (χ4v) is 5.90. The fourth-order valence-electron chi connectivity index (χ4n) is 5.20. The van der Waals surface area contributed by atoms with Crippen LogP contribution in [0.3, 0.4) is 0 Å². The number of carbonyl (C=O) groups is 2. The molecule has 1 aliphatic carbocycles. The Balaban J connectivity index is 1.47. The summed E-state index contributed by atoms with van der Waals surface area (Å²) < 4.78 is 7.58. The number of furan rings is 1. The third-order valence-corrected chi connectivity index (χ3v) is 8.06. The standard InChI is InChI=1S/C26H31N3O3S/c1-26(25(31)27-19-8-4-2-3-5-9-19)18-28-21(23-11-6-16-32-23)12-13-22(28)24(30)29(26)15-14-20-10-7-17-33-20/h6-7,10-13,16-17,19H,2-5,8-9,14-15,18H2,1H3,(H,27,31)/t26-/m1/s1. The van der Waals surface area contributed by atoms with Crippen LogP contribution < -0.4 is 5.32 Å². The van der Waals surface area contributed by atoms with Gasteiger partial charge in [0.25, 0.3) is 5.91 Å². The number of aromatic nitrogens is 1. The molecule has 3 aromatic heterocycles. The Morgan fingerprint density at radius 2 is 1.91 bits per heavy atom. The Morgan fingerprint density at radius 1 is 1.12 bits per heavy atom. The molecule has 1 fully saturated rings. The molecular formula is C26H31N3O3S. The number of nitrogens with zero attached hydrogens (tertiary/aromatic N) is 2. The van der Waals surface area contributed by atoms with E-state index in [1.165, 1.54) is 17.7 Å². The molecule has 0 bridgehead atoms. The molecule has 2 aliphatic rings. The van der Waals surface area contributed by atoms with E-state index >= 15 is 0 Å². The molecule has 33 heavy (non-hydrogen) atoms. The van der Waals surface area contributed by atoms with Crippen molar-refractivity contribution >= 4 is 23.2 Å². The Kier molecular flexibility index (Phi) is 6.15. The first-order chi connectivity index (χ1) is 16.1. The molecule has 3 aromatic rings. The summed E-state index contributed by atoms with van der Waals surface area (Å²) in [6.07, 6.45) is 9.14. The molecule has 0 aromatic carbocycles. The first-order valence-corrected chi connectivity index (χ1v) is 12.8. The second-order valence-corrected chi connectivity index (χ2v) is 10.4. The van der Waals surface area contributed by atoms with E-state index < -0.39 is 5.54 Å². The van der Waals surface area contributed by atoms with Gasteiger partial charge in [0.2, 0.25) is 5.91 Å². The lowest BCUT2D eigenvalue weighted by Crippen LogP contribution is -2.65. The number of thiophene rings is 1. The zero-order valence-corrected chi connectivity index (χ0v) is 19.9. The van der Waals surface area contributed by atoms with Crippen LogP contribution in [-0.2, 0) is 17.8 Å². The molecule has 174 valence electrons. The topological polar surface area (TPSA) is 67.5 Å². The number of fused-ring (bicyclic) bond motifs is 1. The van der Waals surface area contributed by atoms with Gasteiger partial charge in [-0.15, -0.1) is 11.3 Å². The van der Waals surface area contributed by atoms with E-state index in [1.54, 1.807) is 22.5 Å². The third kappa shape index (κ3) is 4.26. The van der Waals surface area contributed by atoms with Crippen molar-refractivity contribution in [1.82, 2.24) is 14.8 Å². The largest absolute Gasteiger partial charge is 0.463 e. The maximum atomic E-state index is 13.8. The molecule has 2 amide bonds. The predicted molar refractivity (Wildman–Crippen MR) is 129 cm³/mol.